The molecule has 0 saturated carbocycles. The van der Waals surface area contributed by atoms with Crippen LogP contribution >= 0.6 is 34.8 Å². The van der Waals surface area contributed by atoms with E-state index in [1.54, 1.807) is 24.3 Å². The van der Waals surface area contributed by atoms with Crippen LogP contribution in [0.4, 0.5) is 10.5 Å². The molecule has 1 aliphatic heterocycles. The van der Waals surface area contributed by atoms with Crippen LogP contribution in [0.15, 0.2) is 36.4 Å². The highest BCUT2D eigenvalue weighted by molar-refractivity contribution is 6.68. The van der Waals surface area contributed by atoms with E-state index in [2.05, 4.69) is 10.6 Å². The SMILES string of the molecule is Cc1cc(C)c(NC(=O)NC2(C(Cl)(Cl)Cl)Oc3ccccc3O2)c(C)c1. The Balaban J connectivity index is 1.85. The summed E-state index contributed by atoms with van der Waals surface area (Å²) >= 11 is 18.2. The molecule has 2 aromatic rings. The fraction of sp³-hybridized carbons (Fsp3) is 0.278. The normalized spacial score (nSPS) is 14.8. The van der Waals surface area contributed by atoms with Crippen LogP contribution in [-0.2, 0) is 0 Å². The Morgan fingerprint density at radius 3 is 1.96 bits per heavy atom. The predicted molar refractivity (Wildman–Crippen MR) is 104 cm³/mol. The Bertz CT molecular complexity index is 817. The van der Waals surface area contributed by atoms with Gasteiger partial charge in [-0.25, -0.2) is 4.79 Å². The van der Waals surface area contributed by atoms with Gasteiger partial charge in [0.1, 0.15) is 0 Å². The van der Waals surface area contributed by atoms with Crippen molar-refractivity contribution in [2.24, 2.45) is 0 Å². The molecule has 0 bridgehead atoms. The lowest BCUT2D eigenvalue weighted by molar-refractivity contribution is -0.0922. The quantitative estimate of drug-likeness (QED) is 0.660. The van der Waals surface area contributed by atoms with Gasteiger partial charge in [-0.15, -0.1) is 0 Å². The first-order valence-electron chi connectivity index (χ1n) is 7.82. The van der Waals surface area contributed by atoms with Crippen molar-refractivity contribution in [3.05, 3.63) is 53.1 Å². The second-order valence-electron chi connectivity index (χ2n) is 6.12. The molecule has 0 aromatic heterocycles. The molecular formula is C18H17Cl3N2O3. The van der Waals surface area contributed by atoms with Gasteiger partial charge in [0.25, 0.3) is 3.79 Å². The number of anilines is 1. The van der Waals surface area contributed by atoms with Gasteiger partial charge >= 0.3 is 11.9 Å². The summed E-state index contributed by atoms with van der Waals surface area (Å²) in [7, 11) is 0. The highest BCUT2D eigenvalue weighted by atomic mass is 35.6. The Hall–Kier alpha value is -1.82. The minimum atomic E-state index is -2.08. The zero-order valence-electron chi connectivity index (χ0n) is 14.3. The number of para-hydroxylation sites is 2. The lowest BCUT2D eigenvalue weighted by Crippen LogP contribution is -2.64. The Morgan fingerprint density at radius 2 is 1.50 bits per heavy atom. The molecule has 0 fully saturated rings. The van der Waals surface area contributed by atoms with Crippen LogP contribution in [0.25, 0.3) is 0 Å². The maximum absolute atomic E-state index is 12.6. The van der Waals surface area contributed by atoms with Crippen LogP contribution in [0.2, 0.25) is 0 Å². The average Bonchev–Trinajstić information content (AvgIpc) is 2.89. The molecule has 138 valence electrons. The zero-order chi connectivity index (χ0) is 19.1. The van der Waals surface area contributed by atoms with E-state index in [0.717, 1.165) is 16.7 Å². The van der Waals surface area contributed by atoms with Gasteiger partial charge in [0.05, 0.1) is 0 Å². The van der Waals surface area contributed by atoms with Crippen LogP contribution in [0, 0.1) is 20.8 Å². The Kier molecular flexibility index (Phi) is 4.90. The van der Waals surface area contributed by atoms with Crippen molar-refractivity contribution in [3.63, 3.8) is 0 Å². The van der Waals surface area contributed by atoms with Gasteiger partial charge < -0.3 is 14.8 Å². The van der Waals surface area contributed by atoms with Crippen molar-refractivity contribution < 1.29 is 14.3 Å². The van der Waals surface area contributed by atoms with Gasteiger partial charge in [-0.1, -0.05) is 64.6 Å². The number of carbonyl (C=O) groups excluding carboxylic acids is 1. The van der Waals surface area contributed by atoms with Crippen LogP contribution in [-0.4, -0.2) is 15.7 Å². The maximum atomic E-state index is 12.6. The predicted octanol–water partition coefficient (Wildman–Crippen LogP) is 5.23. The monoisotopic (exact) mass is 414 g/mol. The van der Waals surface area contributed by atoms with Gasteiger partial charge in [0.15, 0.2) is 11.5 Å². The first-order valence-corrected chi connectivity index (χ1v) is 8.95. The second kappa shape index (κ2) is 6.72. The largest absolute Gasteiger partial charge is 0.428 e. The van der Waals surface area contributed by atoms with E-state index < -0.39 is 15.7 Å². The van der Waals surface area contributed by atoms with E-state index in [1.807, 2.05) is 32.9 Å². The molecule has 8 heteroatoms. The molecule has 0 radical (unpaired) electrons. The van der Waals surface area contributed by atoms with Gasteiger partial charge in [0, 0.05) is 5.69 Å². The minimum absolute atomic E-state index is 0.363. The molecule has 2 N–H and O–H groups in total. The highest BCUT2D eigenvalue weighted by Crippen LogP contribution is 2.48. The number of alkyl halides is 3. The first kappa shape index (κ1) is 19.0. The molecule has 0 saturated heterocycles. The molecule has 0 atom stereocenters. The lowest BCUT2D eigenvalue weighted by Gasteiger charge is -2.33. The van der Waals surface area contributed by atoms with E-state index in [9.17, 15) is 4.79 Å². The van der Waals surface area contributed by atoms with Crippen molar-refractivity contribution >= 4 is 46.5 Å². The third-order valence-corrected chi connectivity index (χ3v) is 4.67. The van der Waals surface area contributed by atoms with Crippen molar-refractivity contribution in [2.45, 2.75) is 30.5 Å². The summed E-state index contributed by atoms with van der Waals surface area (Å²) in [6.07, 6.45) is 0. The molecule has 1 heterocycles. The summed E-state index contributed by atoms with van der Waals surface area (Å²) in [5, 5.41) is 5.28. The van der Waals surface area contributed by atoms with E-state index in [-0.39, 0.29) is 0 Å². The molecule has 1 aliphatic rings. The van der Waals surface area contributed by atoms with E-state index in [1.165, 1.54) is 0 Å². The summed E-state index contributed by atoms with van der Waals surface area (Å²) in [6, 6.07) is 10.1. The number of hydrogen-bond acceptors (Lipinski definition) is 3. The van der Waals surface area contributed by atoms with E-state index >= 15 is 0 Å². The van der Waals surface area contributed by atoms with Gasteiger partial charge in [-0.05, 0) is 44.0 Å². The molecule has 2 aromatic carbocycles. The number of benzene rings is 2. The van der Waals surface area contributed by atoms with Gasteiger partial charge in [-0.3, -0.25) is 5.32 Å². The number of aryl methyl sites for hydroxylation is 3. The topological polar surface area (TPSA) is 59.6 Å². The van der Waals surface area contributed by atoms with E-state index in [0.29, 0.717) is 17.2 Å². The minimum Gasteiger partial charge on any atom is -0.428 e. The molecule has 26 heavy (non-hydrogen) atoms. The first-order chi connectivity index (χ1) is 12.1. The van der Waals surface area contributed by atoms with Gasteiger partial charge in [0.2, 0.25) is 0 Å². The summed E-state index contributed by atoms with van der Waals surface area (Å²) in [6.45, 7) is 5.79. The molecule has 2 amide bonds. The van der Waals surface area contributed by atoms with Crippen molar-refractivity contribution in [2.75, 3.05) is 5.32 Å². The number of nitrogens with one attached hydrogen (secondary N) is 2. The third-order valence-electron chi connectivity index (χ3n) is 3.92. The lowest BCUT2D eigenvalue weighted by atomic mass is 10.1. The highest BCUT2D eigenvalue weighted by Gasteiger charge is 2.59. The van der Waals surface area contributed by atoms with Gasteiger partial charge in [-0.2, -0.15) is 0 Å². The van der Waals surface area contributed by atoms with Crippen LogP contribution < -0.4 is 20.1 Å². The number of urea groups is 1. The van der Waals surface area contributed by atoms with Crippen molar-refractivity contribution in [1.29, 1.82) is 0 Å². The Morgan fingerprint density at radius 1 is 1.00 bits per heavy atom. The molecular weight excluding hydrogens is 399 g/mol. The number of amides is 2. The average molecular weight is 416 g/mol. The van der Waals surface area contributed by atoms with Crippen molar-refractivity contribution in [1.82, 2.24) is 5.32 Å². The summed E-state index contributed by atoms with van der Waals surface area (Å²) in [5.41, 5.74) is 3.60. The zero-order valence-corrected chi connectivity index (χ0v) is 16.6. The summed E-state index contributed by atoms with van der Waals surface area (Å²) in [4.78, 5) is 12.6. The molecule has 5 nitrogen and oxygen atoms in total. The molecule has 0 unspecified atom stereocenters. The smallest absolute Gasteiger partial charge is 0.389 e. The molecule has 0 spiro atoms. The van der Waals surface area contributed by atoms with Crippen molar-refractivity contribution in [3.8, 4) is 11.5 Å². The molecule has 3 rings (SSSR count). The number of ether oxygens (including phenoxy) is 2. The standard InChI is InChI=1S/C18H17Cl3N2O3/c1-10-8-11(2)15(12(3)9-10)22-16(24)23-18(17(19,20)21)25-13-6-4-5-7-14(13)26-18/h4-9H,1-3H3,(H2,22,23,24). The number of carbonyl (C=O) groups is 1. The number of fused-ring (bicyclic) bond motifs is 1. The van der Waals surface area contributed by atoms with Crippen LogP contribution in [0.3, 0.4) is 0 Å². The third kappa shape index (κ3) is 3.52. The second-order valence-corrected chi connectivity index (χ2v) is 8.40. The number of hydrogen-bond donors (Lipinski definition) is 2. The summed E-state index contributed by atoms with van der Waals surface area (Å²) in [5.74, 6) is -1.26. The number of rotatable bonds is 2. The maximum Gasteiger partial charge on any atom is 0.389 e. The fourth-order valence-electron chi connectivity index (χ4n) is 2.86. The fourth-order valence-corrected chi connectivity index (χ4v) is 3.23. The van der Waals surface area contributed by atoms with Crippen LogP contribution in [0.5, 0.6) is 11.5 Å². The van der Waals surface area contributed by atoms with Crippen LogP contribution in [0.1, 0.15) is 16.7 Å². The van der Waals surface area contributed by atoms with E-state index in [4.69, 9.17) is 44.3 Å². The molecule has 0 aliphatic carbocycles. The summed E-state index contributed by atoms with van der Waals surface area (Å²) < 4.78 is 9.23. The Labute approximate surface area is 166 Å². The number of halogens is 3.